The number of esters is 1. The number of anilines is 1. The number of aromatic nitrogens is 4. The highest BCUT2D eigenvalue weighted by molar-refractivity contribution is 7.98. The van der Waals surface area contributed by atoms with Gasteiger partial charge in [0.15, 0.2) is 0 Å². The van der Waals surface area contributed by atoms with Crippen LogP contribution in [0.15, 0.2) is 40.4 Å². The number of carbonyl (C=O) groups excluding carboxylic acids is 1. The standard InChI is InChI=1S/C18H23N5O2S/c1-4-5-6-11-25-17(24)15-12(2)19-18-20-21-22-23(18)16(15)13-7-9-14(26-3)10-8-13/h7-10,16H,4-6,11H2,1-3H3,(H,19,20,22). The zero-order valence-corrected chi connectivity index (χ0v) is 16.0. The van der Waals surface area contributed by atoms with Crippen molar-refractivity contribution in [3.05, 3.63) is 41.1 Å². The maximum Gasteiger partial charge on any atom is 0.338 e. The van der Waals surface area contributed by atoms with Gasteiger partial charge < -0.3 is 10.1 Å². The highest BCUT2D eigenvalue weighted by atomic mass is 32.2. The Balaban J connectivity index is 1.92. The van der Waals surface area contributed by atoms with Gasteiger partial charge in [-0.1, -0.05) is 37.0 Å². The van der Waals surface area contributed by atoms with Gasteiger partial charge in [0.2, 0.25) is 5.95 Å². The van der Waals surface area contributed by atoms with E-state index in [0.29, 0.717) is 23.8 Å². The van der Waals surface area contributed by atoms with Crippen LogP contribution in [0, 0.1) is 0 Å². The van der Waals surface area contributed by atoms with Crippen molar-refractivity contribution in [3.8, 4) is 0 Å². The molecule has 7 nitrogen and oxygen atoms in total. The molecule has 0 saturated carbocycles. The summed E-state index contributed by atoms with van der Waals surface area (Å²) in [6.07, 6.45) is 5.02. The molecule has 0 spiro atoms. The summed E-state index contributed by atoms with van der Waals surface area (Å²) in [6.45, 7) is 4.39. The molecule has 0 radical (unpaired) electrons. The highest BCUT2D eigenvalue weighted by Gasteiger charge is 2.34. The average molecular weight is 373 g/mol. The van der Waals surface area contributed by atoms with Crippen LogP contribution >= 0.6 is 11.8 Å². The number of nitrogens with one attached hydrogen (secondary N) is 1. The van der Waals surface area contributed by atoms with Crippen molar-refractivity contribution in [1.29, 1.82) is 0 Å². The number of allylic oxidation sites excluding steroid dienone is 1. The quantitative estimate of drug-likeness (QED) is 0.452. The van der Waals surface area contributed by atoms with Crippen LogP contribution in [0.1, 0.15) is 44.7 Å². The molecule has 0 bridgehead atoms. The average Bonchev–Trinajstić information content (AvgIpc) is 3.12. The van der Waals surface area contributed by atoms with Crippen molar-refractivity contribution in [2.75, 3.05) is 18.2 Å². The Morgan fingerprint density at radius 3 is 2.77 bits per heavy atom. The van der Waals surface area contributed by atoms with E-state index >= 15 is 0 Å². The summed E-state index contributed by atoms with van der Waals surface area (Å²) in [5, 5.41) is 14.9. The van der Waals surface area contributed by atoms with Crippen LogP contribution < -0.4 is 5.32 Å². The number of carbonyl (C=O) groups is 1. The first-order chi connectivity index (χ1) is 12.7. The van der Waals surface area contributed by atoms with Crippen molar-refractivity contribution in [2.24, 2.45) is 0 Å². The number of benzene rings is 1. The molecule has 2 aromatic rings. The molecule has 26 heavy (non-hydrogen) atoms. The van der Waals surface area contributed by atoms with Crippen LogP contribution in [0.25, 0.3) is 0 Å². The molecule has 1 unspecified atom stereocenters. The van der Waals surface area contributed by atoms with E-state index in [2.05, 4.69) is 27.8 Å². The van der Waals surface area contributed by atoms with Gasteiger partial charge in [-0.3, -0.25) is 0 Å². The van der Waals surface area contributed by atoms with E-state index < -0.39 is 6.04 Å². The first-order valence-electron chi connectivity index (χ1n) is 8.72. The minimum absolute atomic E-state index is 0.328. The summed E-state index contributed by atoms with van der Waals surface area (Å²) >= 11 is 1.67. The Labute approximate surface area is 157 Å². The first-order valence-corrected chi connectivity index (χ1v) is 9.95. The number of unbranched alkanes of at least 4 members (excludes halogenated alkanes) is 2. The number of nitrogens with zero attached hydrogens (tertiary/aromatic N) is 4. The molecule has 1 aromatic heterocycles. The number of fused-ring (bicyclic) bond motifs is 1. The molecule has 1 N–H and O–H groups in total. The number of hydrogen-bond acceptors (Lipinski definition) is 7. The lowest BCUT2D eigenvalue weighted by atomic mass is 9.96. The Hall–Kier alpha value is -2.35. The molecular formula is C18H23N5O2S. The summed E-state index contributed by atoms with van der Waals surface area (Å²) in [4.78, 5) is 14.0. The zero-order chi connectivity index (χ0) is 18.5. The van der Waals surface area contributed by atoms with Gasteiger partial charge >= 0.3 is 5.97 Å². The monoisotopic (exact) mass is 373 g/mol. The van der Waals surface area contributed by atoms with E-state index in [1.165, 1.54) is 0 Å². The highest BCUT2D eigenvalue weighted by Crippen LogP contribution is 2.35. The number of hydrogen-bond donors (Lipinski definition) is 1. The summed E-state index contributed by atoms with van der Waals surface area (Å²) < 4.78 is 7.15. The summed E-state index contributed by atoms with van der Waals surface area (Å²) in [6, 6.07) is 7.67. The second kappa shape index (κ2) is 8.35. The maximum absolute atomic E-state index is 12.8. The van der Waals surface area contributed by atoms with Gasteiger partial charge in [-0.15, -0.1) is 11.8 Å². The van der Waals surface area contributed by atoms with Crippen LogP contribution in [-0.4, -0.2) is 39.0 Å². The third kappa shape index (κ3) is 3.75. The van der Waals surface area contributed by atoms with Crippen LogP contribution in [0.3, 0.4) is 0 Å². The van der Waals surface area contributed by atoms with Crippen LogP contribution in [0.4, 0.5) is 5.95 Å². The van der Waals surface area contributed by atoms with Gasteiger partial charge in [0.1, 0.15) is 6.04 Å². The van der Waals surface area contributed by atoms with Gasteiger partial charge in [0.25, 0.3) is 0 Å². The molecule has 0 saturated heterocycles. The number of rotatable bonds is 7. The topological polar surface area (TPSA) is 81.9 Å². The molecule has 0 amide bonds. The minimum Gasteiger partial charge on any atom is -0.462 e. The van der Waals surface area contributed by atoms with Gasteiger partial charge in [0.05, 0.1) is 12.2 Å². The smallest absolute Gasteiger partial charge is 0.338 e. The molecule has 8 heteroatoms. The second-order valence-electron chi connectivity index (χ2n) is 6.13. The number of thioether (sulfide) groups is 1. The molecule has 0 fully saturated rings. The number of tetrazole rings is 1. The normalized spacial score (nSPS) is 16.2. The van der Waals surface area contributed by atoms with E-state index in [-0.39, 0.29) is 5.97 Å². The van der Waals surface area contributed by atoms with Crippen molar-refractivity contribution < 1.29 is 9.53 Å². The lowest BCUT2D eigenvalue weighted by Crippen LogP contribution is -2.29. The van der Waals surface area contributed by atoms with Crippen LogP contribution in [0.5, 0.6) is 0 Å². The third-order valence-corrected chi connectivity index (χ3v) is 5.09. The Bertz CT molecular complexity index is 800. The second-order valence-corrected chi connectivity index (χ2v) is 7.01. The fraction of sp³-hybridized carbons (Fsp3) is 0.444. The van der Waals surface area contributed by atoms with E-state index in [1.807, 2.05) is 37.4 Å². The van der Waals surface area contributed by atoms with Gasteiger partial charge in [-0.25, -0.2) is 4.79 Å². The fourth-order valence-electron chi connectivity index (χ4n) is 2.97. The predicted octanol–water partition coefficient (Wildman–Crippen LogP) is 3.42. The SMILES string of the molecule is CCCCCOC(=O)C1=C(C)Nc2nnnn2C1c1ccc(SC)cc1. The van der Waals surface area contributed by atoms with Gasteiger partial charge in [0, 0.05) is 10.6 Å². The lowest BCUT2D eigenvalue weighted by molar-refractivity contribution is -0.139. The van der Waals surface area contributed by atoms with Gasteiger partial charge in [-0.2, -0.15) is 4.68 Å². The molecule has 1 aliphatic heterocycles. The van der Waals surface area contributed by atoms with Crippen LogP contribution in [-0.2, 0) is 9.53 Å². The maximum atomic E-state index is 12.8. The predicted molar refractivity (Wildman–Crippen MR) is 101 cm³/mol. The van der Waals surface area contributed by atoms with Crippen molar-refractivity contribution in [2.45, 2.75) is 44.0 Å². The third-order valence-electron chi connectivity index (χ3n) is 4.35. The molecule has 1 aliphatic rings. The summed E-state index contributed by atoms with van der Waals surface area (Å²) in [7, 11) is 0. The Morgan fingerprint density at radius 2 is 2.08 bits per heavy atom. The number of ether oxygens (including phenoxy) is 1. The minimum atomic E-state index is -0.407. The van der Waals surface area contributed by atoms with Crippen molar-refractivity contribution >= 4 is 23.7 Å². The molecular weight excluding hydrogens is 350 g/mol. The molecule has 0 aliphatic carbocycles. The van der Waals surface area contributed by atoms with E-state index in [4.69, 9.17) is 4.74 Å². The Kier molecular flexibility index (Phi) is 5.92. The summed E-state index contributed by atoms with van der Waals surface area (Å²) in [5.74, 6) is 0.190. The molecule has 1 atom stereocenters. The van der Waals surface area contributed by atoms with Crippen molar-refractivity contribution in [1.82, 2.24) is 20.2 Å². The molecule has 138 valence electrons. The van der Waals surface area contributed by atoms with Crippen LogP contribution in [0.2, 0.25) is 0 Å². The first kappa shape index (κ1) is 18.4. The largest absolute Gasteiger partial charge is 0.462 e. The van der Waals surface area contributed by atoms with E-state index in [0.717, 1.165) is 29.7 Å². The van der Waals surface area contributed by atoms with Crippen molar-refractivity contribution in [3.63, 3.8) is 0 Å². The molecule has 3 rings (SSSR count). The summed E-state index contributed by atoms with van der Waals surface area (Å²) in [5.41, 5.74) is 2.20. The zero-order valence-electron chi connectivity index (χ0n) is 15.2. The molecule has 2 heterocycles. The van der Waals surface area contributed by atoms with E-state index in [9.17, 15) is 4.79 Å². The Morgan fingerprint density at radius 1 is 1.31 bits per heavy atom. The lowest BCUT2D eigenvalue weighted by Gasteiger charge is -2.27. The molecule has 1 aromatic carbocycles. The van der Waals surface area contributed by atoms with E-state index in [1.54, 1.807) is 16.4 Å². The van der Waals surface area contributed by atoms with Gasteiger partial charge in [-0.05, 0) is 47.7 Å². The fourth-order valence-corrected chi connectivity index (χ4v) is 3.37.